The van der Waals surface area contributed by atoms with Gasteiger partial charge in [0.15, 0.2) is 0 Å². The second-order valence-electron chi connectivity index (χ2n) is 5.95. The van der Waals surface area contributed by atoms with Crippen LogP contribution in [0.3, 0.4) is 0 Å². The van der Waals surface area contributed by atoms with Gasteiger partial charge in [-0.05, 0) is 52.5 Å². The Morgan fingerprint density at radius 3 is 2.64 bits per heavy atom. The summed E-state index contributed by atoms with van der Waals surface area (Å²) < 4.78 is 2.30. The van der Waals surface area contributed by atoms with Crippen LogP contribution in [0, 0.1) is 6.92 Å². The number of rotatable bonds is 6. The lowest BCUT2D eigenvalue weighted by Gasteiger charge is -2.12. The summed E-state index contributed by atoms with van der Waals surface area (Å²) in [6.07, 6.45) is 2.35. The van der Waals surface area contributed by atoms with E-state index < -0.39 is 5.97 Å². The molecule has 118 valence electrons. The normalized spacial score (nSPS) is 12.3. The fourth-order valence-electron chi connectivity index (χ4n) is 3.02. The summed E-state index contributed by atoms with van der Waals surface area (Å²) in [7, 11) is 4.15. The Balaban J connectivity index is 2.49. The first-order chi connectivity index (χ1) is 10.4. The molecule has 4 heteroatoms. The van der Waals surface area contributed by atoms with Gasteiger partial charge in [-0.1, -0.05) is 18.2 Å². The topological polar surface area (TPSA) is 45.5 Å². The maximum absolute atomic E-state index is 11.0. The van der Waals surface area contributed by atoms with Crippen molar-refractivity contribution in [2.45, 2.75) is 26.8 Å². The first kappa shape index (κ1) is 16.3. The van der Waals surface area contributed by atoms with Crippen molar-refractivity contribution in [3.05, 3.63) is 41.6 Å². The van der Waals surface area contributed by atoms with Crippen LogP contribution in [0.25, 0.3) is 16.5 Å². The number of para-hydroxylation sites is 1. The lowest BCUT2D eigenvalue weighted by atomic mass is 10.0. The minimum Gasteiger partial charge on any atom is -0.478 e. The highest BCUT2D eigenvalue weighted by molar-refractivity contribution is 5.99. The highest BCUT2D eigenvalue weighted by atomic mass is 16.4. The number of allylic oxidation sites excluding steroid dienone is 1. The van der Waals surface area contributed by atoms with Crippen molar-refractivity contribution in [3.8, 4) is 0 Å². The van der Waals surface area contributed by atoms with E-state index in [4.69, 9.17) is 5.11 Å². The average molecular weight is 300 g/mol. The Kier molecular flexibility index (Phi) is 5.03. The van der Waals surface area contributed by atoms with Gasteiger partial charge in [0.25, 0.3) is 0 Å². The van der Waals surface area contributed by atoms with Crippen molar-refractivity contribution in [2.75, 3.05) is 20.6 Å². The number of carboxylic acids is 1. The third kappa shape index (κ3) is 3.39. The van der Waals surface area contributed by atoms with E-state index in [2.05, 4.69) is 42.6 Å². The number of carbonyl (C=O) groups is 1. The third-order valence-corrected chi connectivity index (χ3v) is 3.95. The molecule has 22 heavy (non-hydrogen) atoms. The number of fused-ring (bicyclic) bond motifs is 1. The number of hydrogen-bond acceptors (Lipinski definition) is 2. The summed E-state index contributed by atoms with van der Waals surface area (Å²) in [6, 6.07) is 8.21. The summed E-state index contributed by atoms with van der Waals surface area (Å²) in [5.41, 5.74) is 4.15. The number of carboxylic acid groups (broad SMARTS) is 1. The van der Waals surface area contributed by atoms with Crippen LogP contribution in [0.4, 0.5) is 0 Å². The standard InChI is InChI=1S/C18H24N2O2/c1-13(12-17(21)22)18-14(2)20(11-7-10-19(3)4)16-9-6-5-8-15(16)18/h5-6,8-9,12H,7,10-11H2,1-4H3,(H,21,22)/b13-12+. The molecule has 0 amide bonds. The molecule has 1 aromatic carbocycles. The van der Waals surface area contributed by atoms with E-state index in [0.717, 1.165) is 41.7 Å². The van der Waals surface area contributed by atoms with E-state index in [9.17, 15) is 4.79 Å². The highest BCUT2D eigenvalue weighted by Crippen LogP contribution is 2.31. The van der Waals surface area contributed by atoms with Gasteiger partial charge >= 0.3 is 5.97 Å². The lowest BCUT2D eigenvalue weighted by molar-refractivity contribution is -0.131. The van der Waals surface area contributed by atoms with Crippen molar-refractivity contribution in [3.63, 3.8) is 0 Å². The lowest BCUT2D eigenvalue weighted by Crippen LogP contribution is -2.15. The second-order valence-corrected chi connectivity index (χ2v) is 5.95. The molecule has 1 heterocycles. The fourth-order valence-corrected chi connectivity index (χ4v) is 3.02. The number of aryl methyl sites for hydroxylation is 1. The molecule has 0 radical (unpaired) electrons. The zero-order chi connectivity index (χ0) is 16.3. The largest absolute Gasteiger partial charge is 0.478 e. The Labute approximate surface area is 131 Å². The molecule has 2 aromatic rings. The van der Waals surface area contributed by atoms with Gasteiger partial charge in [-0.3, -0.25) is 0 Å². The molecular formula is C18H24N2O2. The van der Waals surface area contributed by atoms with Crippen LogP contribution < -0.4 is 0 Å². The van der Waals surface area contributed by atoms with Crippen molar-refractivity contribution in [1.82, 2.24) is 9.47 Å². The molecule has 0 bridgehead atoms. The summed E-state index contributed by atoms with van der Waals surface area (Å²) in [5, 5.41) is 10.2. The molecule has 2 rings (SSSR count). The van der Waals surface area contributed by atoms with E-state index in [1.807, 2.05) is 19.1 Å². The van der Waals surface area contributed by atoms with Crippen LogP contribution >= 0.6 is 0 Å². The van der Waals surface area contributed by atoms with Gasteiger partial charge in [-0.25, -0.2) is 4.79 Å². The molecular weight excluding hydrogens is 276 g/mol. The van der Waals surface area contributed by atoms with Crippen molar-refractivity contribution in [1.29, 1.82) is 0 Å². The van der Waals surface area contributed by atoms with Crippen LogP contribution in [-0.2, 0) is 11.3 Å². The predicted octanol–water partition coefficient (Wildman–Crippen LogP) is 3.39. The molecule has 0 aliphatic carbocycles. The SMILES string of the molecule is C/C(=C\C(=O)O)c1c(C)n(CCCN(C)C)c2ccccc12. The van der Waals surface area contributed by atoms with Gasteiger partial charge < -0.3 is 14.6 Å². The molecule has 0 unspecified atom stereocenters. The zero-order valence-corrected chi connectivity index (χ0v) is 13.8. The maximum atomic E-state index is 11.0. The van der Waals surface area contributed by atoms with E-state index in [0.29, 0.717) is 0 Å². The van der Waals surface area contributed by atoms with Gasteiger partial charge in [0, 0.05) is 34.8 Å². The third-order valence-electron chi connectivity index (χ3n) is 3.95. The molecule has 1 aromatic heterocycles. The second kappa shape index (κ2) is 6.79. The molecule has 0 aliphatic rings. The van der Waals surface area contributed by atoms with Crippen LogP contribution in [0.15, 0.2) is 30.3 Å². The first-order valence-electron chi connectivity index (χ1n) is 7.56. The Hall–Kier alpha value is -2.07. The predicted molar refractivity (Wildman–Crippen MR) is 91.1 cm³/mol. The summed E-state index contributed by atoms with van der Waals surface area (Å²) in [5.74, 6) is -0.902. The van der Waals surface area contributed by atoms with Crippen LogP contribution in [0.5, 0.6) is 0 Å². The molecule has 4 nitrogen and oxygen atoms in total. The molecule has 0 spiro atoms. The quantitative estimate of drug-likeness (QED) is 0.832. The van der Waals surface area contributed by atoms with Gasteiger partial charge in [-0.15, -0.1) is 0 Å². The van der Waals surface area contributed by atoms with Crippen LogP contribution in [0.1, 0.15) is 24.6 Å². The van der Waals surface area contributed by atoms with Gasteiger partial charge in [0.1, 0.15) is 0 Å². The summed E-state index contributed by atoms with van der Waals surface area (Å²) in [6.45, 7) is 5.91. The van der Waals surface area contributed by atoms with E-state index >= 15 is 0 Å². The smallest absolute Gasteiger partial charge is 0.328 e. The molecule has 0 saturated carbocycles. The Morgan fingerprint density at radius 2 is 2.00 bits per heavy atom. The van der Waals surface area contributed by atoms with Gasteiger partial charge in [-0.2, -0.15) is 0 Å². The number of aliphatic carboxylic acids is 1. The minimum atomic E-state index is -0.902. The van der Waals surface area contributed by atoms with E-state index in [1.54, 1.807) is 0 Å². The summed E-state index contributed by atoms with van der Waals surface area (Å²) in [4.78, 5) is 13.2. The molecule has 0 aliphatic heterocycles. The molecule has 1 N–H and O–H groups in total. The summed E-state index contributed by atoms with van der Waals surface area (Å²) >= 11 is 0. The van der Waals surface area contributed by atoms with E-state index in [1.165, 1.54) is 11.6 Å². The maximum Gasteiger partial charge on any atom is 0.328 e. The highest BCUT2D eigenvalue weighted by Gasteiger charge is 2.15. The fraction of sp³-hybridized carbons (Fsp3) is 0.389. The van der Waals surface area contributed by atoms with Crippen LogP contribution in [-0.4, -0.2) is 41.2 Å². The minimum absolute atomic E-state index is 0.799. The van der Waals surface area contributed by atoms with Crippen molar-refractivity contribution in [2.24, 2.45) is 0 Å². The Bertz CT molecular complexity index is 711. The number of aromatic nitrogens is 1. The number of nitrogens with zero attached hydrogens (tertiary/aromatic N) is 2. The van der Waals surface area contributed by atoms with Gasteiger partial charge in [0.05, 0.1) is 0 Å². The molecule has 0 saturated heterocycles. The molecule has 0 atom stereocenters. The average Bonchev–Trinajstić information content (AvgIpc) is 2.70. The van der Waals surface area contributed by atoms with Gasteiger partial charge in [0.2, 0.25) is 0 Å². The monoisotopic (exact) mass is 300 g/mol. The molecule has 0 fully saturated rings. The van der Waals surface area contributed by atoms with Crippen LogP contribution in [0.2, 0.25) is 0 Å². The zero-order valence-electron chi connectivity index (χ0n) is 13.8. The van der Waals surface area contributed by atoms with Crippen molar-refractivity contribution >= 4 is 22.4 Å². The Morgan fingerprint density at radius 1 is 1.32 bits per heavy atom. The van der Waals surface area contributed by atoms with Crippen molar-refractivity contribution < 1.29 is 9.90 Å². The first-order valence-corrected chi connectivity index (χ1v) is 7.56. The number of hydrogen-bond donors (Lipinski definition) is 1. The number of benzene rings is 1. The van der Waals surface area contributed by atoms with E-state index in [-0.39, 0.29) is 0 Å².